The summed E-state index contributed by atoms with van der Waals surface area (Å²) in [6, 6.07) is 0.107. The highest BCUT2D eigenvalue weighted by Gasteiger charge is 2.37. The zero-order chi connectivity index (χ0) is 19.4. The van der Waals surface area contributed by atoms with Gasteiger partial charge in [-0.1, -0.05) is 20.8 Å². The average Bonchev–Trinajstić information content (AvgIpc) is 2.43. The van der Waals surface area contributed by atoms with Crippen LogP contribution in [0, 0.1) is 5.41 Å². The fourth-order valence-corrected chi connectivity index (χ4v) is 3.38. The predicted molar refractivity (Wildman–Crippen MR) is 98.9 cm³/mol. The first-order chi connectivity index (χ1) is 11.4. The molecule has 1 N–H and O–H groups in total. The molecule has 0 radical (unpaired) electrons. The third-order valence-corrected chi connectivity index (χ3v) is 4.38. The summed E-state index contributed by atoms with van der Waals surface area (Å²) in [5, 5.41) is 2.84. The summed E-state index contributed by atoms with van der Waals surface area (Å²) in [4.78, 5) is 40.5. The molecule has 0 aliphatic carbocycles. The van der Waals surface area contributed by atoms with Crippen LogP contribution in [0.4, 0.5) is 0 Å². The van der Waals surface area contributed by atoms with Crippen molar-refractivity contribution in [2.45, 2.75) is 85.9 Å². The molecule has 1 saturated heterocycles. The molecule has 6 heteroatoms. The van der Waals surface area contributed by atoms with Crippen LogP contribution in [0.15, 0.2) is 0 Å². The van der Waals surface area contributed by atoms with Gasteiger partial charge in [-0.15, -0.1) is 0 Å². The Morgan fingerprint density at radius 2 is 1.56 bits per heavy atom. The Labute approximate surface area is 152 Å². The Morgan fingerprint density at radius 1 is 1.04 bits per heavy atom. The number of nitrogens with one attached hydrogen (secondary N) is 1. The molecule has 0 aromatic rings. The zero-order valence-corrected chi connectivity index (χ0v) is 16.9. The van der Waals surface area contributed by atoms with Crippen LogP contribution in [0.2, 0.25) is 0 Å². The first kappa shape index (κ1) is 21.5. The van der Waals surface area contributed by atoms with E-state index in [0.717, 1.165) is 0 Å². The molecular weight excluding hydrogens is 318 g/mol. The monoisotopic (exact) mass is 353 g/mol. The summed E-state index contributed by atoms with van der Waals surface area (Å²) >= 11 is 0. The highest BCUT2D eigenvalue weighted by molar-refractivity contribution is 5.83. The van der Waals surface area contributed by atoms with Gasteiger partial charge in [0.2, 0.25) is 17.7 Å². The van der Waals surface area contributed by atoms with Gasteiger partial charge < -0.3 is 15.1 Å². The van der Waals surface area contributed by atoms with Gasteiger partial charge in [-0.2, -0.15) is 0 Å². The molecule has 1 aliphatic rings. The van der Waals surface area contributed by atoms with E-state index in [1.807, 2.05) is 58.3 Å². The number of hydrogen-bond donors (Lipinski definition) is 1. The molecule has 1 aliphatic heterocycles. The van der Waals surface area contributed by atoms with Gasteiger partial charge >= 0.3 is 0 Å². The summed E-state index contributed by atoms with van der Waals surface area (Å²) in [5.41, 5.74) is -0.407. The minimum absolute atomic E-state index is 0.00737. The number of nitrogens with zero attached hydrogens (tertiary/aromatic N) is 2. The lowest BCUT2D eigenvalue weighted by atomic mass is 9.93. The van der Waals surface area contributed by atoms with Gasteiger partial charge in [0.15, 0.2) is 0 Å². The number of rotatable bonds is 5. The second-order valence-corrected chi connectivity index (χ2v) is 8.53. The molecule has 1 heterocycles. The van der Waals surface area contributed by atoms with Gasteiger partial charge in [-0.05, 0) is 34.1 Å². The van der Waals surface area contributed by atoms with E-state index in [2.05, 4.69) is 5.32 Å². The van der Waals surface area contributed by atoms with Crippen LogP contribution in [0.3, 0.4) is 0 Å². The fraction of sp³-hybridized carbons (Fsp3) is 0.842. The fourth-order valence-electron chi connectivity index (χ4n) is 3.38. The van der Waals surface area contributed by atoms with Crippen LogP contribution in [0.25, 0.3) is 0 Å². The van der Waals surface area contributed by atoms with Crippen molar-refractivity contribution in [3.05, 3.63) is 0 Å². The number of carbonyl (C=O) groups is 3. The number of piperazine rings is 1. The molecule has 3 amide bonds. The van der Waals surface area contributed by atoms with E-state index in [1.165, 1.54) is 0 Å². The van der Waals surface area contributed by atoms with E-state index in [9.17, 15) is 14.4 Å². The van der Waals surface area contributed by atoms with Gasteiger partial charge in [0.1, 0.15) is 0 Å². The topological polar surface area (TPSA) is 69.7 Å². The van der Waals surface area contributed by atoms with E-state index in [4.69, 9.17) is 0 Å². The molecule has 2 atom stereocenters. The minimum Gasteiger partial charge on any atom is -0.354 e. The number of carbonyl (C=O) groups excluding carboxylic acids is 3. The normalized spacial score (nSPS) is 21.4. The lowest BCUT2D eigenvalue weighted by Gasteiger charge is -2.46. The number of amides is 3. The van der Waals surface area contributed by atoms with E-state index in [1.54, 1.807) is 0 Å². The molecule has 0 aromatic heterocycles. The first-order valence-corrected chi connectivity index (χ1v) is 9.33. The van der Waals surface area contributed by atoms with Crippen LogP contribution in [-0.2, 0) is 14.4 Å². The van der Waals surface area contributed by atoms with Crippen LogP contribution < -0.4 is 5.32 Å². The Morgan fingerprint density at radius 3 is 2.00 bits per heavy atom. The molecule has 144 valence electrons. The van der Waals surface area contributed by atoms with E-state index < -0.39 is 5.41 Å². The maximum Gasteiger partial charge on any atom is 0.228 e. The largest absolute Gasteiger partial charge is 0.354 e. The van der Waals surface area contributed by atoms with Crippen molar-refractivity contribution in [2.75, 3.05) is 13.1 Å². The third kappa shape index (κ3) is 6.33. The van der Waals surface area contributed by atoms with Gasteiger partial charge in [0.25, 0.3) is 0 Å². The Kier molecular flexibility index (Phi) is 7.44. The van der Waals surface area contributed by atoms with Gasteiger partial charge in [0.05, 0.1) is 0 Å². The predicted octanol–water partition coefficient (Wildman–Crippen LogP) is 2.18. The smallest absolute Gasteiger partial charge is 0.228 e. The van der Waals surface area contributed by atoms with Crippen LogP contribution in [0.5, 0.6) is 0 Å². The van der Waals surface area contributed by atoms with Crippen molar-refractivity contribution in [2.24, 2.45) is 5.41 Å². The zero-order valence-electron chi connectivity index (χ0n) is 16.9. The lowest BCUT2D eigenvalue weighted by Crippen LogP contribution is -2.61. The SMILES string of the molecule is CC(C)NC(=O)CCCC(=O)N1[C@@H](C)CN(C(=O)C(C)(C)C)C[C@@H]1C. The molecule has 0 aromatic carbocycles. The quantitative estimate of drug-likeness (QED) is 0.823. The summed E-state index contributed by atoms with van der Waals surface area (Å²) in [5.74, 6) is 0.188. The molecular formula is C19H35N3O3. The van der Waals surface area contributed by atoms with Crippen LogP contribution >= 0.6 is 0 Å². The maximum absolute atomic E-state index is 12.6. The summed E-state index contributed by atoms with van der Waals surface area (Å²) < 4.78 is 0. The van der Waals surface area contributed by atoms with Crippen LogP contribution in [-0.4, -0.2) is 58.7 Å². The summed E-state index contributed by atoms with van der Waals surface area (Å²) in [6.45, 7) is 14.7. The molecule has 0 spiro atoms. The van der Waals surface area contributed by atoms with E-state index in [0.29, 0.717) is 32.4 Å². The Hall–Kier alpha value is -1.59. The lowest BCUT2D eigenvalue weighted by molar-refractivity contribution is -0.150. The highest BCUT2D eigenvalue weighted by Crippen LogP contribution is 2.23. The molecule has 6 nitrogen and oxygen atoms in total. The standard InChI is InChI=1S/C19H35N3O3/c1-13(2)20-16(23)9-8-10-17(24)22-14(3)11-21(12-15(22)4)18(25)19(5,6)7/h13-15H,8-12H2,1-7H3,(H,20,23)/t14-,15-/m0/s1. The van der Waals surface area contributed by atoms with Gasteiger partial charge in [0, 0.05) is 49.5 Å². The molecule has 0 bridgehead atoms. The van der Waals surface area contributed by atoms with E-state index in [-0.39, 0.29) is 35.8 Å². The van der Waals surface area contributed by atoms with Crippen molar-refractivity contribution >= 4 is 17.7 Å². The van der Waals surface area contributed by atoms with Gasteiger partial charge in [-0.3, -0.25) is 14.4 Å². The first-order valence-electron chi connectivity index (χ1n) is 9.33. The average molecular weight is 354 g/mol. The van der Waals surface area contributed by atoms with Crippen molar-refractivity contribution in [3.63, 3.8) is 0 Å². The van der Waals surface area contributed by atoms with Crippen molar-refractivity contribution in [1.82, 2.24) is 15.1 Å². The number of hydrogen-bond acceptors (Lipinski definition) is 3. The molecule has 0 saturated carbocycles. The maximum atomic E-state index is 12.6. The molecule has 1 rings (SSSR count). The highest BCUT2D eigenvalue weighted by atomic mass is 16.2. The van der Waals surface area contributed by atoms with Crippen molar-refractivity contribution in [3.8, 4) is 0 Å². The van der Waals surface area contributed by atoms with Crippen molar-refractivity contribution in [1.29, 1.82) is 0 Å². The Bertz CT molecular complexity index is 485. The van der Waals surface area contributed by atoms with E-state index >= 15 is 0 Å². The Balaban J connectivity index is 2.55. The molecule has 1 fully saturated rings. The minimum atomic E-state index is -0.407. The second kappa shape index (κ2) is 8.68. The molecule has 25 heavy (non-hydrogen) atoms. The van der Waals surface area contributed by atoms with Gasteiger partial charge in [-0.25, -0.2) is 0 Å². The second-order valence-electron chi connectivity index (χ2n) is 8.53. The summed E-state index contributed by atoms with van der Waals surface area (Å²) in [6.07, 6.45) is 1.29. The molecule has 0 unspecified atom stereocenters. The summed E-state index contributed by atoms with van der Waals surface area (Å²) in [7, 11) is 0. The third-order valence-electron chi connectivity index (χ3n) is 4.38. The van der Waals surface area contributed by atoms with Crippen molar-refractivity contribution < 1.29 is 14.4 Å². The van der Waals surface area contributed by atoms with Crippen LogP contribution in [0.1, 0.15) is 67.7 Å².